The van der Waals surface area contributed by atoms with Crippen molar-refractivity contribution in [2.24, 2.45) is 11.3 Å². The van der Waals surface area contributed by atoms with E-state index in [0.29, 0.717) is 5.41 Å². The van der Waals surface area contributed by atoms with Crippen LogP contribution in [0.15, 0.2) is 0 Å². The summed E-state index contributed by atoms with van der Waals surface area (Å²) in [5.74, 6) is 1.01. The van der Waals surface area contributed by atoms with Gasteiger partial charge in [0.15, 0.2) is 0 Å². The molecule has 0 aromatic rings. The third-order valence-electron chi connectivity index (χ3n) is 6.19. The van der Waals surface area contributed by atoms with Gasteiger partial charge in [-0.25, -0.2) is 0 Å². The molecule has 0 aromatic heterocycles. The van der Waals surface area contributed by atoms with Crippen LogP contribution in [0.25, 0.3) is 0 Å². The zero-order valence-electron chi connectivity index (χ0n) is 12.8. The maximum Gasteiger partial charge on any atom is 0.0547 e. The number of fused-ring (bicyclic) bond motifs is 1. The molecule has 2 saturated heterocycles. The van der Waals surface area contributed by atoms with Crippen molar-refractivity contribution in [2.75, 3.05) is 32.8 Å². The van der Waals surface area contributed by atoms with Crippen molar-refractivity contribution < 1.29 is 4.74 Å². The molecule has 114 valence electrons. The summed E-state index contributed by atoms with van der Waals surface area (Å²) in [6.45, 7) is 5.79. The Morgan fingerprint density at radius 1 is 1.10 bits per heavy atom. The van der Waals surface area contributed by atoms with Gasteiger partial charge in [0.25, 0.3) is 0 Å². The maximum atomic E-state index is 5.79. The van der Waals surface area contributed by atoms with E-state index in [4.69, 9.17) is 4.74 Å². The zero-order chi connectivity index (χ0) is 13.4. The molecule has 0 radical (unpaired) electrons. The second-order valence-electron chi connectivity index (χ2n) is 7.83. The molecule has 4 aliphatic rings. The van der Waals surface area contributed by atoms with Gasteiger partial charge in [-0.3, -0.25) is 4.90 Å². The molecule has 1 N–H and O–H groups in total. The van der Waals surface area contributed by atoms with Crippen molar-refractivity contribution in [3.05, 3.63) is 0 Å². The van der Waals surface area contributed by atoms with E-state index in [1.807, 2.05) is 0 Å². The lowest BCUT2D eigenvalue weighted by atomic mass is 9.83. The van der Waals surface area contributed by atoms with Crippen LogP contribution >= 0.6 is 0 Å². The summed E-state index contributed by atoms with van der Waals surface area (Å²) >= 11 is 0. The summed E-state index contributed by atoms with van der Waals surface area (Å²) in [4.78, 5) is 2.84. The Kier molecular flexibility index (Phi) is 3.78. The van der Waals surface area contributed by atoms with Crippen molar-refractivity contribution in [1.29, 1.82) is 0 Å². The first-order valence-corrected chi connectivity index (χ1v) is 8.90. The lowest BCUT2D eigenvalue weighted by Crippen LogP contribution is -2.47. The smallest absolute Gasteiger partial charge is 0.0547 e. The molecule has 3 heteroatoms. The van der Waals surface area contributed by atoms with Crippen LogP contribution in [0.4, 0.5) is 0 Å². The van der Waals surface area contributed by atoms with Crippen LogP contribution in [0.2, 0.25) is 0 Å². The summed E-state index contributed by atoms with van der Waals surface area (Å²) in [5.41, 5.74) is 0.412. The Labute approximate surface area is 123 Å². The third-order valence-corrected chi connectivity index (χ3v) is 6.19. The van der Waals surface area contributed by atoms with E-state index < -0.39 is 0 Å². The fraction of sp³-hybridized carbons (Fsp3) is 1.00. The molecule has 0 spiro atoms. The fourth-order valence-corrected chi connectivity index (χ4v) is 4.75. The van der Waals surface area contributed by atoms with Gasteiger partial charge in [-0.2, -0.15) is 0 Å². The average Bonchev–Trinajstić information content (AvgIpc) is 3.07. The summed E-state index contributed by atoms with van der Waals surface area (Å²) < 4.78 is 5.79. The van der Waals surface area contributed by atoms with E-state index in [-0.39, 0.29) is 0 Å². The van der Waals surface area contributed by atoms with Gasteiger partial charge < -0.3 is 10.1 Å². The highest BCUT2D eigenvalue weighted by Gasteiger charge is 2.43. The molecular weight excluding hydrogens is 248 g/mol. The molecule has 3 unspecified atom stereocenters. The predicted octanol–water partition coefficient (Wildman–Crippen LogP) is 2.41. The fourth-order valence-electron chi connectivity index (χ4n) is 4.75. The molecule has 2 saturated carbocycles. The molecule has 4 rings (SSSR count). The molecule has 2 heterocycles. The number of ether oxygens (including phenoxy) is 1. The van der Waals surface area contributed by atoms with Gasteiger partial charge in [-0.15, -0.1) is 0 Å². The molecule has 4 fully saturated rings. The van der Waals surface area contributed by atoms with Gasteiger partial charge in [0.05, 0.1) is 6.61 Å². The van der Waals surface area contributed by atoms with Gasteiger partial charge in [0.2, 0.25) is 0 Å². The van der Waals surface area contributed by atoms with Crippen molar-refractivity contribution in [2.45, 2.75) is 63.5 Å². The number of hydrogen-bond acceptors (Lipinski definition) is 3. The molecule has 2 aliphatic heterocycles. The monoisotopic (exact) mass is 278 g/mol. The van der Waals surface area contributed by atoms with Crippen molar-refractivity contribution in [1.82, 2.24) is 10.2 Å². The first-order valence-electron chi connectivity index (χ1n) is 8.90. The summed E-state index contributed by atoms with van der Waals surface area (Å²) in [6, 6.07) is 1.73. The average molecular weight is 278 g/mol. The third kappa shape index (κ3) is 2.77. The van der Waals surface area contributed by atoms with Crippen LogP contribution in [0, 0.1) is 11.3 Å². The highest BCUT2D eigenvalue weighted by molar-refractivity contribution is 4.97. The summed E-state index contributed by atoms with van der Waals surface area (Å²) in [5, 5.41) is 3.78. The second-order valence-corrected chi connectivity index (χ2v) is 7.83. The Bertz CT molecular complexity index is 336. The molecule has 2 aliphatic carbocycles. The van der Waals surface area contributed by atoms with Crippen LogP contribution in [-0.2, 0) is 4.74 Å². The Morgan fingerprint density at radius 2 is 2.00 bits per heavy atom. The van der Waals surface area contributed by atoms with Crippen LogP contribution < -0.4 is 5.32 Å². The van der Waals surface area contributed by atoms with E-state index in [9.17, 15) is 0 Å². The maximum absolute atomic E-state index is 5.79. The minimum atomic E-state index is 0.412. The highest BCUT2D eigenvalue weighted by atomic mass is 16.5. The van der Waals surface area contributed by atoms with Crippen LogP contribution in [0.3, 0.4) is 0 Å². The van der Waals surface area contributed by atoms with E-state index in [1.165, 1.54) is 71.0 Å². The van der Waals surface area contributed by atoms with Gasteiger partial charge in [-0.05, 0) is 51.0 Å². The highest BCUT2D eigenvalue weighted by Crippen LogP contribution is 2.39. The van der Waals surface area contributed by atoms with Crippen molar-refractivity contribution in [3.63, 3.8) is 0 Å². The lowest BCUT2D eigenvalue weighted by molar-refractivity contribution is 0.0869. The summed E-state index contributed by atoms with van der Waals surface area (Å²) in [6.07, 6.45) is 11.4. The first-order chi connectivity index (χ1) is 9.85. The lowest BCUT2D eigenvalue weighted by Gasteiger charge is -2.38. The Balaban J connectivity index is 1.39. The van der Waals surface area contributed by atoms with E-state index in [2.05, 4.69) is 10.2 Å². The first kappa shape index (κ1) is 13.5. The topological polar surface area (TPSA) is 24.5 Å². The van der Waals surface area contributed by atoms with Crippen molar-refractivity contribution >= 4 is 0 Å². The standard InChI is InChI=1S/C17H30N2O/c1-2-4-16-14(3-1)7-9-19(16)12-17(8-10-20-13-17)11-18-15-5-6-15/h14-16,18H,1-13H2. The van der Waals surface area contributed by atoms with Crippen LogP contribution in [0.5, 0.6) is 0 Å². The molecule has 3 atom stereocenters. The van der Waals surface area contributed by atoms with Gasteiger partial charge >= 0.3 is 0 Å². The number of hydrogen-bond donors (Lipinski definition) is 1. The van der Waals surface area contributed by atoms with E-state index in [0.717, 1.165) is 31.2 Å². The van der Waals surface area contributed by atoms with Gasteiger partial charge in [-0.1, -0.05) is 12.8 Å². The van der Waals surface area contributed by atoms with Crippen molar-refractivity contribution in [3.8, 4) is 0 Å². The molecule has 0 aromatic carbocycles. The van der Waals surface area contributed by atoms with Gasteiger partial charge in [0.1, 0.15) is 0 Å². The molecule has 0 bridgehead atoms. The van der Waals surface area contributed by atoms with Crippen LogP contribution in [0.1, 0.15) is 51.4 Å². The number of rotatable bonds is 5. The number of nitrogens with zero attached hydrogens (tertiary/aromatic N) is 1. The molecule has 20 heavy (non-hydrogen) atoms. The normalized spacial score (nSPS) is 42.0. The van der Waals surface area contributed by atoms with E-state index >= 15 is 0 Å². The number of nitrogens with one attached hydrogen (secondary N) is 1. The minimum absolute atomic E-state index is 0.412. The molecule has 0 amide bonds. The SMILES string of the molecule is C1CCC2C(C1)CCN2CC1(CNC2CC2)CCOC1. The number of likely N-dealkylation sites (tertiary alicyclic amines) is 1. The second kappa shape index (κ2) is 5.58. The Morgan fingerprint density at radius 3 is 2.80 bits per heavy atom. The summed E-state index contributed by atoms with van der Waals surface area (Å²) in [7, 11) is 0. The zero-order valence-corrected chi connectivity index (χ0v) is 12.8. The predicted molar refractivity (Wildman–Crippen MR) is 80.8 cm³/mol. The van der Waals surface area contributed by atoms with Crippen LogP contribution in [-0.4, -0.2) is 49.8 Å². The quantitative estimate of drug-likeness (QED) is 0.836. The largest absolute Gasteiger partial charge is 0.381 e. The minimum Gasteiger partial charge on any atom is -0.381 e. The molecule has 3 nitrogen and oxygen atoms in total. The Hall–Kier alpha value is -0.120. The molecular formula is C17H30N2O. The van der Waals surface area contributed by atoms with E-state index in [1.54, 1.807) is 0 Å². The van der Waals surface area contributed by atoms with Gasteiger partial charge in [0, 0.05) is 37.2 Å².